The molecule has 8 heteroatoms. The normalized spacial score (nSPS) is 16.9. The van der Waals surface area contributed by atoms with E-state index >= 15 is 0 Å². The molecular weight excluding hydrogens is 494 g/mol. The number of aromatic hydroxyl groups is 1. The topological polar surface area (TPSA) is 82.4 Å². The predicted octanol–water partition coefficient (Wildman–Crippen LogP) is 6.03. The summed E-state index contributed by atoms with van der Waals surface area (Å²) in [4.78, 5) is 18.8. The highest BCUT2D eigenvalue weighted by Gasteiger charge is 2.42. The molecule has 3 N–H and O–H groups in total. The number of phenolic OH excluding ortho intramolecular Hbond substituents is 1. The second-order valence-electron chi connectivity index (χ2n) is 9.58. The highest BCUT2D eigenvalue weighted by Crippen LogP contribution is 2.44. The third-order valence-corrected chi connectivity index (χ3v) is 7.39. The Hall–Kier alpha value is -4.17. The Balaban J connectivity index is 1.63. The number of aromatic nitrogens is 2. The molecule has 4 aromatic rings. The van der Waals surface area contributed by atoms with Crippen LogP contribution in [0.15, 0.2) is 72.9 Å². The number of pyridine rings is 1. The second kappa shape index (κ2) is 10.3. The number of rotatable bonds is 6. The van der Waals surface area contributed by atoms with Crippen LogP contribution in [0.3, 0.4) is 0 Å². The van der Waals surface area contributed by atoms with Gasteiger partial charge in [-0.1, -0.05) is 13.0 Å². The van der Waals surface area contributed by atoms with Crippen molar-refractivity contribution in [3.8, 4) is 11.4 Å². The van der Waals surface area contributed by atoms with E-state index in [2.05, 4.69) is 51.1 Å². The van der Waals surface area contributed by atoms with Crippen molar-refractivity contribution in [2.45, 2.75) is 46.2 Å². The fraction of sp³-hybridized carbons (Fsp3) is 0.233. The van der Waals surface area contributed by atoms with Gasteiger partial charge in [-0.3, -0.25) is 9.78 Å². The lowest BCUT2D eigenvalue weighted by Crippen LogP contribution is -2.29. The Kier molecular flexibility index (Phi) is 6.91. The number of hydrogen-bond acceptors (Lipinski definition) is 4. The number of carbonyl (C=O) groups excluding carboxylic acids is 1. The van der Waals surface area contributed by atoms with Gasteiger partial charge >= 0.3 is 0 Å². The summed E-state index contributed by atoms with van der Waals surface area (Å²) in [6, 6.07) is 21.0. The first-order valence-corrected chi connectivity index (χ1v) is 13.1. The van der Waals surface area contributed by atoms with Crippen LogP contribution in [0.25, 0.3) is 5.69 Å². The monoisotopic (exact) mass is 525 g/mol. The summed E-state index contributed by atoms with van der Waals surface area (Å²) < 4.78 is 2.19. The number of thiocarbonyl (C=S) groups is 1. The van der Waals surface area contributed by atoms with Gasteiger partial charge in [-0.2, -0.15) is 0 Å². The highest BCUT2D eigenvalue weighted by molar-refractivity contribution is 7.80. The standard InChI is InChI=1S/C30H31N5O2S/c1-5-27(37)32-25-14-11-22(16-18(25)2)35-29(28(33-30(35)38)26-8-6-7-15-31-26)24-17-19(3)34(20(24)4)21-9-12-23(36)13-10-21/h6-17,28-29,36H,5H2,1-4H3,(H,32,37)(H,33,38)/t28-,29+/m1/s1. The summed E-state index contributed by atoms with van der Waals surface area (Å²) in [7, 11) is 0. The van der Waals surface area contributed by atoms with Crippen LogP contribution in [0.5, 0.6) is 5.75 Å². The molecule has 0 spiro atoms. The number of aryl methyl sites for hydroxylation is 2. The molecule has 0 saturated carbocycles. The molecule has 194 valence electrons. The molecule has 1 fully saturated rings. The first-order chi connectivity index (χ1) is 18.3. The summed E-state index contributed by atoms with van der Waals surface area (Å²) in [6.45, 7) is 8.02. The van der Waals surface area contributed by atoms with Crippen molar-refractivity contribution in [3.63, 3.8) is 0 Å². The molecule has 0 unspecified atom stereocenters. The van der Waals surface area contributed by atoms with Gasteiger partial charge < -0.3 is 25.2 Å². The van der Waals surface area contributed by atoms with Crippen molar-refractivity contribution in [1.82, 2.24) is 14.9 Å². The van der Waals surface area contributed by atoms with E-state index in [0.717, 1.165) is 45.3 Å². The Morgan fingerprint density at radius 3 is 2.45 bits per heavy atom. The smallest absolute Gasteiger partial charge is 0.224 e. The molecule has 1 amide bonds. The van der Waals surface area contributed by atoms with Crippen LogP contribution >= 0.6 is 12.2 Å². The van der Waals surface area contributed by atoms with E-state index < -0.39 is 0 Å². The van der Waals surface area contributed by atoms with Crippen LogP contribution in [-0.4, -0.2) is 25.7 Å². The molecule has 1 saturated heterocycles. The molecule has 38 heavy (non-hydrogen) atoms. The van der Waals surface area contributed by atoms with Crippen LogP contribution in [0, 0.1) is 20.8 Å². The fourth-order valence-electron chi connectivity index (χ4n) is 5.21. The number of carbonyl (C=O) groups is 1. The quantitative estimate of drug-likeness (QED) is 0.267. The Morgan fingerprint density at radius 2 is 1.79 bits per heavy atom. The SMILES string of the molecule is CCC(=O)Nc1ccc(N2C(=S)N[C@H](c3ccccn3)[C@@H]2c2cc(C)n(-c3ccc(O)cc3)c2C)cc1C. The van der Waals surface area contributed by atoms with Crippen LogP contribution in [0.2, 0.25) is 0 Å². The van der Waals surface area contributed by atoms with Crippen molar-refractivity contribution in [2.75, 3.05) is 10.2 Å². The largest absolute Gasteiger partial charge is 0.508 e. The molecule has 2 atom stereocenters. The minimum absolute atomic E-state index is 0.0195. The van der Waals surface area contributed by atoms with E-state index in [1.54, 1.807) is 18.3 Å². The van der Waals surface area contributed by atoms with E-state index in [9.17, 15) is 9.90 Å². The molecule has 0 bridgehead atoms. The number of benzene rings is 2. The average molecular weight is 526 g/mol. The van der Waals surface area contributed by atoms with Gasteiger partial charge in [-0.25, -0.2) is 0 Å². The van der Waals surface area contributed by atoms with E-state index in [0.29, 0.717) is 11.5 Å². The maximum atomic E-state index is 12.0. The highest BCUT2D eigenvalue weighted by atomic mass is 32.1. The number of nitrogens with one attached hydrogen (secondary N) is 2. The van der Waals surface area contributed by atoms with Crippen LogP contribution < -0.4 is 15.5 Å². The lowest BCUT2D eigenvalue weighted by atomic mass is 9.96. The number of amides is 1. The average Bonchev–Trinajstić information content (AvgIpc) is 3.41. The van der Waals surface area contributed by atoms with E-state index in [4.69, 9.17) is 12.2 Å². The molecule has 0 aliphatic carbocycles. The number of anilines is 2. The lowest BCUT2D eigenvalue weighted by molar-refractivity contribution is -0.115. The van der Waals surface area contributed by atoms with E-state index in [1.165, 1.54) is 0 Å². The van der Waals surface area contributed by atoms with Gasteiger partial charge in [0.2, 0.25) is 5.91 Å². The first kappa shape index (κ1) is 25.5. The van der Waals surface area contributed by atoms with Crippen LogP contribution in [-0.2, 0) is 4.79 Å². The molecule has 2 aromatic heterocycles. The Labute approximate surface area is 228 Å². The minimum atomic E-state index is -0.169. The van der Waals surface area contributed by atoms with Crippen molar-refractivity contribution in [1.29, 1.82) is 0 Å². The Bertz CT molecular complexity index is 1500. The molecule has 1 aliphatic heterocycles. The summed E-state index contributed by atoms with van der Waals surface area (Å²) >= 11 is 5.91. The molecular formula is C30H31N5O2S. The molecule has 3 heterocycles. The summed E-state index contributed by atoms with van der Waals surface area (Å²) in [5.41, 5.74) is 7.86. The minimum Gasteiger partial charge on any atom is -0.508 e. The van der Waals surface area contributed by atoms with Crippen LogP contribution in [0.4, 0.5) is 11.4 Å². The zero-order chi connectivity index (χ0) is 27.0. The Morgan fingerprint density at radius 1 is 1.05 bits per heavy atom. The van der Waals surface area contributed by atoms with E-state index in [-0.39, 0.29) is 23.7 Å². The maximum absolute atomic E-state index is 12.0. The predicted molar refractivity (Wildman–Crippen MR) is 155 cm³/mol. The second-order valence-corrected chi connectivity index (χ2v) is 9.96. The van der Waals surface area contributed by atoms with Gasteiger partial charge in [0.1, 0.15) is 5.75 Å². The zero-order valence-electron chi connectivity index (χ0n) is 21.9. The van der Waals surface area contributed by atoms with Gasteiger partial charge in [-0.05, 0) is 105 Å². The molecule has 1 aliphatic rings. The maximum Gasteiger partial charge on any atom is 0.224 e. The van der Waals surface area contributed by atoms with Gasteiger partial charge in [-0.15, -0.1) is 0 Å². The molecule has 7 nitrogen and oxygen atoms in total. The van der Waals surface area contributed by atoms with Crippen molar-refractivity contribution >= 4 is 34.6 Å². The van der Waals surface area contributed by atoms with Crippen LogP contribution in [0.1, 0.15) is 53.6 Å². The third-order valence-electron chi connectivity index (χ3n) is 7.08. The van der Waals surface area contributed by atoms with Gasteiger partial charge in [0.25, 0.3) is 0 Å². The number of phenols is 1. The van der Waals surface area contributed by atoms with Gasteiger partial charge in [0.05, 0.1) is 17.8 Å². The summed E-state index contributed by atoms with van der Waals surface area (Å²) in [6.07, 6.45) is 2.22. The van der Waals surface area contributed by atoms with Gasteiger partial charge in [0, 0.05) is 41.1 Å². The third kappa shape index (κ3) is 4.63. The number of hydrogen-bond donors (Lipinski definition) is 3. The van der Waals surface area contributed by atoms with Crippen molar-refractivity contribution < 1.29 is 9.90 Å². The number of nitrogens with zero attached hydrogens (tertiary/aromatic N) is 3. The van der Waals surface area contributed by atoms with Crippen molar-refractivity contribution in [3.05, 3.63) is 101 Å². The first-order valence-electron chi connectivity index (χ1n) is 12.7. The lowest BCUT2D eigenvalue weighted by Gasteiger charge is -2.29. The summed E-state index contributed by atoms with van der Waals surface area (Å²) in [5.74, 6) is 0.214. The molecule has 2 aromatic carbocycles. The fourth-order valence-corrected chi connectivity index (χ4v) is 5.56. The molecule has 0 radical (unpaired) electrons. The zero-order valence-corrected chi connectivity index (χ0v) is 22.7. The summed E-state index contributed by atoms with van der Waals surface area (Å²) in [5, 5.41) is 16.9. The van der Waals surface area contributed by atoms with Gasteiger partial charge in [0.15, 0.2) is 5.11 Å². The van der Waals surface area contributed by atoms with Crippen molar-refractivity contribution in [2.24, 2.45) is 0 Å². The van der Waals surface area contributed by atoms with E-state index in [1.807, 2.05) is 56.3 Å². The molecule has 5 rings (SSSR count).